The Bertz CT molecular complexity index is 127. The molecule has 0 aromatic carbocycles. The largest absolute Gasteiger partial charge is 0.396 e. The Labute approximate surface area is 70.3 Å². The maximum atomic E-state index is 9.93. The van der Waals surface area contributed by atoms with E-state index >= 15 is 0 Å². The number of rotatable bonds is 6. The van der Waals surface area contributed by atoms with Crippen molar-refractivity contribution in [3.63, 3.8) is 0 Å². The summed E-state index contributed by atoms with van der Waals surface area (Å²) in [6.45, 7) is -0.241. The Morgan fingerprint density at radius 1 is 1.17 bits per heavy atom. The summed E-state index contributed by atoms with van der Waals surface area (Å²) in [5, 5.41) is 35.2. The fraction of sp³-hybridized carbons (Fsp3) is 0.857. The lowest BCUT2D eigenvalue weighted by Crippen LogP contribution is -2.31. The second-order valence-electron chi connectivity index (χ2n) is 2.59. The minimum absolute atomic E-state index is 0.0345. The van der Waals surface area contributed by atoms with Gasteiger partial charge in [0, 0.05) is 13.0 Å². The molecule has 0 bridgehead atoms. The maximum Gasteiger partial charge on any atom is 0.148 e. The minimum atomic E-state index is -1.26. The van der Waals surface area contributed by atoms with E-state index in [1.807, 2.05) is 0 Å². The van der Waals surface area contributed by atoms with Crippen molar-refractivity contribution in [3.8, 4) is 0 Å². The van der Waals surface area contributed by atoms with Crippen LogP contribution < -0.4 is 0 Å². The van der Waals surface area contributed by atoms with Gasteiger partial charge < -0.3 is 25.2 Å². The third-order valence-electron chi connectivity index (χ3n) is 1.51. The molecule has 0 aliphatic heterocycles. The van der Waals surface area contributed by atoms with Crippen LogP contribution >= 0.6 is 0 Å². The summed E-state index contributed by atoms with van der Waals surface area (Å²) in [5.41, 5.74) is 0. The molecule has 0 rings (SSSR count). The van der Waals surface area contributed by atoms with Crippen molar-refractivity contribution in [2.24, 2.45) is 0 Å². The average molecular weight is 178 g/mol. The van der Waals surface area contributed by atoms with Gasteiger partial charge in [-0.1, -0.05) is 0 Å². The predicted octanol–water partition coefficient (Wildman–Crippen LogP) is -1.96. The molecule has 0 aliphatic carbocycles. The molecule has 5 heteroatoms. The first-order chi connectivity index (χ1) is 5.61. The Hall–Kier alpha value is -0.490. The van der Waals surface area contributed by atoms with Crippen molar-refractivity contribution in [1.82, 2.24) is 0 Å². The van der Waals surface area contributed by atoms with Crippen LogP contribution in [0, 0.1) is 0 Å². The Morgan fingerprint density at radius 3 is 2.17 bits per heavy atom. The second kappa shape index (κ2) is 6.07. The van der Waals surface area contributed by atoms with Crippen molar-refractivity contribution >= 4 is 6.29 Å². The molecule has 0 fully saturated rings. The van der Waals surface area contributed by atoms with Gasteiger partial charge >= 0.3 is 0 Å². The van der Waals surface area contributed by atoms with Crippen molar-refractivity contribution in [2.75, 3.05) is 6.61 Å². The Kier molecular flexibility index (Phi) is 5.83. The van der Waals surface area contributed by atoms with Crippen molar-refractivity contribution in [3.05, 3.63) is 0 Å². The number of carbonyl (C=O) groups excluding carboxylic acids is 1. The zero-order chi connectivity index (χ0) is 9.56. The Balaban J connectivity index is 3.69. The fourth-order valence-electron chi connectivity index (χ4n) is 0.785. The molecule has 0 unspecified atom stereocenters. The highest BCUT2D eigenvalue weighted by atomic mass is 16.3. The molecule has 3 atom stereocenters. The lowest BCUT2D eigenvalue weighted by Gasteiger charge is -2.17. The Morgan fingerprint density at radius 2 is 1.75 bits per heavy atom. The van der Waals surface area contributed by atoms with Crippen LogP contribution in [0.25, 0.3) is 0 Å². The summed E-state index contributed by atoms with van der Waals surface area (Å²) >= 11 is 0. The van der Waals surface area contributed by atoms with Gasteiger partial charge in [0.05, 0.1) is 12.2 Å². The minimum Gasteiger partial charge on any atom is -0.396 e. The van der Waals surface area contributed by atoms with E-state index in [1.165, 1.54) is 0 Å². The van der Waals surface area contributed by atoms with Gasteiger partial charge in [0.15, 0.2) is 0 Å². The maximum absolute atomic E-state index is 9.93. The molecule has 0 aromatic heterocycles. The number of aliphatic hydroxyl groups is 4. The molecule has 5 nitrogen and oxygen atoms in total. The molecule has 0 saturated carbocycles. The molecule has 4 N–H and O–H groups in total. The number of hydrogen-bond acceptors (Lipinski definition) is 5. The van der Waals surface area contributed by atoms with Crippen molar-refractivity contribution < 1.29 is 25.2 Å². The van der Waals surface area contributed by atoms with Crippen LogP contribution in [0.4, 0.5) is 0 Å². The summed E-state index contributed by atoms with van der Waals surface area (Å²) in [5.74, 6) is 0. The molecule has 0 heterocycles. The molecular weight excluding hydrogens is 164 g/mol. The van der Waals surface area contributed by atoms with Gasteiger partial charge in [-0.2, -0.15) is 0 Å². The van der Waals surface area contributed by atoms with Gasteiger partial charge in [-0.15, -0.1) is 0 Å². The molecule has 0 spiro atoms. The molecular formula is C7H14O5. The first kappa shape index (κ1) is 11.5. The van der Waals surface area contributed by atoms with Crippen molar-refractivity contribution in [2.45, 2.75) is 31.2 Å². The molecule has 0 aromatic rings. The smallest absolute Gasteiger partial charge is 0.148 e. The van der Waals surface area contributed by atoms with Gasteiger partial charge in [0.25, 0.3) is 0 Å². The van der Waals surface area contributed by atoms with Crippen molar-refractivity contribution in [1.29, 1.82) is 0 Å². The monoisotopic (exact) mass is 178 g/mol. The zero-order valence-corrected chi connectivity index (χ0v) is 6.63. The van der Waals surface area contributed by atoms with Crippen LogP contribution in [-0.2, 0) is 4.79 Å². The molecule has 0 saturated heterocycles. The van der Waals surface area contributed by atoms with Gasteiger partial charge in [-0.05, 0) is 6.42 Å². The van der Waals surface area contributed by atoms with Crippen LogP contribution in [0.5, 0.6) is 0 Å². The van der Waals surface area contributed by atoms with Crippen LogP contribution in [0.15, 0.2) is 0 Å². The van der Waals surface area contributed by atoms with Crippen LogP contribution in [0.2, 0.25) is 0 Å². The summed E-state index contributed by atoms with van der Waals surface area (Å²) in [6.07, 6.45) is -3.40. The predicted molar refractivity (Wildman–Crippen MR) is 40.4 cm³/mol. The van der Waals surface area contributed by atoms with Gasteiger partial charge in [-0.25, -0.2) is 0 Å². The first-order valence-corrected chi connectivity index (χ1v) is 3.72. The quantitative estimate of drug-likeness (QED) is 0.354. The average Bonchev–Trinajstić information content (AvgIpc) is 2.04. The van der Waals surface area contributed by atoms with E-state index in [1.54, 1.807) is 0 Å². The third kappa shape index (κ3) is 4.40. The van der Waals surface area contributed by atoms with E-state index in [9.17, 15) is 4.79 Å². The topological polar surface area (TPSA) is 98.0 Å². The lowest BCUT2D eigenvalue weighted by molar-refractivity contribution is -0.117. The highest BCUT2D eigenvalue weighted by Crippen LogP contribution is 2.04. The van der Waals surface area contributed by atoms with Gasteiger partial charge in [0.1, 0.15) is 12.4 Å². The summed E-state index contributed by atoms with van der Waals surface area (Å²) in [4.78, 5) is 9.93. The number of carbonyl (C=O) groups is 1. The number of aliphatic hydroxyl groups excluding tert-OH is 4. The second-order valence-corrected chi connectivity index (χ2v) is 2.59. The lowest BCUT2D eigenvalue weighted by atomic mass is 10.1. The highest BCUT2D eigenvalue weighted by Gasteiger charge is 2.18. The van der Waals surface area contributed by atoms with E-state index in [0.717, 1.165) is 0 Å². The normalized spacial score (nSPS) is 18.3. The zero-order valence-electron chi connectivity index (χ0n) is 6.63. The summed E-state index contributed by atoms with van der Waals surface area (Å²) < 4.78 is 0. The third-order valence-corrected chi connectivity index (χ3v) is 1.51. The van der Waals surface area contributed by atoms with E-state index in [2.05, 4.69) is 0 Å². The number of hydrogen-bond donors (Lipinski definition) is 4. The van der Waals surface area contributed by atoms with Gasteiger partial charge in [0.2, 0.25) is 0 Å². The SMILES string of the molecule is O=C[C@H](O)C[C@H](O)[C@H](O)CCO. The van der Waals surface area contributed by atoms with E-state index in [4.69, 9.17) is 20.4 Å². The molecule has 0 amide bonds. The number of aldehydes is 1. The standard InChI is InChI=1S/C7H14O5/c8-2-1-6(11)7(12)3-5(10)4-9/h4-8,10-12H,1-3H2/t5-,6-,7+/m1/s1. The van der Waals surface area contributed by atoms with E-state index in [0.29, 0.717) is 0 Å². The van der Waals surface area contributed by atoms with E-state index < -0.39 is 18.3 Å². The van der Waals surface area contributed by atoms with E-state index in [-0.39, 0.29) is 25.7 Å². The molecule has 0 aliphatic rings. The molecule has 72 valence electrons. The highest BCUT2D eigenvalue weighted by molar-refractivity contribution is 5.55. The van der Waals surface area contributed by atoms with Crippen LogP contribution in [0.1, 0.15) is 12.8 Å². The molecule has 0 radical (unpaired) electrons. The van der Waals surface area contributed by atoms with Crippen LogP contribution in [-0.4, -0.2) is 51.6 Å². The first-order valence-electron chi connectivity index (χ1n) is 3.72. The fourth-order valence-corrected chi connectivity index (χ4v) is 0.785. The summed E-state index contributed by atoms with van der Waals surface area (Å²) in [7, 11) is 0. The van der Waals surface area contributed by atoms with Gasteiger partial charge in [-0.3, -0.25) is 0 Å². The molecule has 12 heavy (non-hydrogen) atoms. The van der Waals surface area contributed by atoms with Crippen LogP contribution in [0.3, 0.4) is 0 Å². The summed E-state index contributed by atoms with van der Waals surface area (Å²) in [6, 6.07) is 0.